The van der Waals surface area contributed by atoms with Crippen molar-refractivity contribution in [1.29, 1.82) is 0 Å². The molecule has 0 heterocycles. The van der Waals surface area contributed by atoms with Crippen LogP contribution in [0.15, 0.2) is 30.3 Å². The molecule has 3 nitrogen and oxygen atoms in total. The third-order valence-electron chi connectivity index (χ3n) is 1.11. The van der Waals surface area contributed by atoms with Crippen LogP contribution in [0.3, 0.4) is 0 Å². The summed E-state index contributed by atoms with van der Waals surface area (Å²) in [5.41, 5.74) is 0. The van der Waals surface area contributed by atoms with E-state index < -0.39 is 5.97 Å². The zero-order valence-corrected chi connectivity index (χ0v) is 5.86. The Bertz CT molecular complexity index is 235. The van der Waals surface area contributed by atoms with E-state index in [0.717, 1.165) is 0 Å². The summed E-state index contributed by atoms with van der Waals surface area (Å²) in [4.78, 5) is 10.0. The van der Waals surface area contributed by atoms with Crippen molar-refractivity contribution in [3.63, 3.8) is 0 Å². The molecule has 4 heteroatoms. The van der Waals surface area contributed by atoms with Crippen LogP contribution in [0.5, 0.6) is 5.75 Å². The number of ether oxygens (including phenoxy) is 1. The van der Waals surface area contributed by atoms with Crippen molar-refractivity contribution >= 4 is 43.7 Å². The van der Waals surface area contributed by atoms with E-state index in [2.05, 4.69) is 0 Å². The van der Waals surface area contributed by atoms with Crippen LogP contribution < -0.4 is 4.74 Å². The zero-order chi connectivity index (χ0) is 8.10. The van der Waals surface area contributed by atoms with Gasteiger partial charge in [0.25, 0.3) is 0 Å². The molecule has 0 saturated heterocycles. The normalized spacial score (nSPS) is 8.33. The van der Waals surface area contributed by atoms with Gasteiger partial charge in [0.15, 0.2) is 6.61 Å². The van der Waals surface area contributed by atoms with E-state index in [1.54, 1.807) is 24.3 Å². The minimum absolute atomic E-state index is 0. The van der Waals surface area contributed by atoms with Crippen molar-refractivity contribution in [3.05, 3.63) is 30.3 Å². The molecule has 1 aromatic rings. The maximum atomic E-state index is 10.0. The summed E-state index contributed by atoms with van der Waals surface area (Å²) in [6.45, 7) is -0.288. The molecule has 0 atom stereocenters. The monoisotopic (exact) mass is 194 g/mol. The number of hydrogen-bond donors (Lipinski definition) is 1. The average Bonchev–Trinajstić information content (AvgIpc) is 2.03. The molecule has 0 aromatic heterocycles. The van der Waals surface area contributed by atoms with Crippen LogP contribution in [0.4, 0.5) is 0 Å². The number of carboxylic acids is 1. The van der Waals surface area contributed by atoms with E-state index in [-0.39, 0.29) is 44.3 Å². The van der Waals surface area contributed by atoms with Gasteiger partial charge in [-0.2, -0.15) is 0 Å². The second-order valence-corrected chi connectivity index (χ2v) is 2.00. The molecule has 1 N–H and O–H groups in total. The molecule has 0 fully saturated rings. The first-order valence-corrected chi connectivity index (χ1v) is 3.18. The molecule has 0 amide bonds. The fraction of sp³-hybridized carbons (Fsp3) is 0.125. The van der Waals surface area contributed by atoms with Gasteiger partial charge >= 0.3 is 43.7 Å². The molecule has 0 saturated carbocycles. The number of benzene rings is 1. The molecule has 1 rings (SSSR count). The fourth-order valence-electron chi connectivity index (χ4n) is 0.662. The fourth-order valence-corrected chi connectivity index (χ4v) is 0.662. The first-order chi connectivity index (χ1) is 5.29. The summed E-state index contributed by atoms with van der Waals surface area (Å²) in [5.74, 6) is -0.385. The summed E-state index contributed by atoms with van der Waals surface area (Å²) in [5, 5.41) is 8.25. The van der Waals surface area contributed by atoms with Gasteiger partial charge in [0, 0.05) is 0 Å². The second-order valence-electron chi connectivity index (χ2n) is 2.00. The standard InChI is InChI=1S/C8H8O3.Ca.2H/c9-8(10)6-11-7-4-2-1-3-5-7;;;/h1-5H,6H2,(H,9,10);;;. The number of para-hydroxylation sites is 1. The Morgan fingerprint density at radius 2 is 1.92 bits per heavy atom. The quantitative estimate of drug-likeness (QED) is 0.701. The summed E-state index contributed by atoms with van der Waals surface area (Å²) >= 11 is 0. The van der Waals surface area contributed by atoms with Crippen LogP contribution >= 0.6 is 0 Å². The SMILES string of the molecule is O=C(O)COc1ccccc1.[CaH2]. The summed E-state index contributed by atoms with van der Waals surface area (Å²) in [6.07, 6.45) is 0. The Labute approximate surface area is 100 Å². The summed E-state index contributed by atoms with van der Waals surface area (Å²) < 4.78 is 4.87. The van der Waals surface area contributed by atoms with Crippen LogP contribution in [0.2, 0.25) is 0 Å². The molecule has 0 aliphatic rings. The van der Waals surface area contributed by atoms with Gasteiger partial charge in [0.05, 0.1) is 0 Å². The van der Waals surface area contributed by atoms with E-state index in [4.69, 9.17) is 9.84 Å². The number of hydrogen-bond acceptors (Lipinski definition) is 2. The predicted molar refractivity (Wildman–Crippen MR) is 48.1 cm³/mol. The summed E-state index contributed by atoms with van der Waals surface area (Å²) in [6, 6.07) is 8.84. The van der Waals surface area contributed by atoms with Gasteiger partial charge in [-0.25, -0.2) is 4.79 Å². The first-order valence-electron chi connectivity index (χ1n) is 3.18. The van der Waals surface area contributed by atoms with Crippen molar-refractivity contribution in [2.24, 2.45) is 0 Å². The van der Waals surface area contributed by atoms with Crippen molar-refractivity contribution in [2.45, 2.75) is 0 Å². The Morgan fingerprint density at radius 3 is 2.42 bits per heavy atom. The molecule has 62 valence electrons. The Kier molecular flexibility index (Phi) is 6.16. The van der Waals surface area contributed by atoms with Crippen LogP contribution in [-0.2, 0) is 4.79 Å². The zero-order valence-electron chi connectivity index (χ0n) is 5.86. The topological polar surface area (TPSA) is 46.5 Å². The van der Waals surface area contributed by atoms with Crippen LogP contribution in [0.25, 0.3) is 0 Å². The van der Waals surface area contributed by atoms with E-state index >= 15 is 0 Å². The third kappa shape index (κ3) is 4.59. The van der Waals surface area contributed by atoms with Gasteiger partial charge in [-0.1, -0.05) is 18.2 Å². The number of carboxylic acid groups (broad SMARTS) is 1. The van der Waals surface area contributed by atoms with Gasteiger partial charge in [0.2, 0.25) is 0 Å². The molecule has 12 heavy (non-hydrogen) atoms. The van der Waals surface area contributed by atoms with Crippen LogP contribution in [0.1, 0.15) is 0 Å². The molecule has 0 aliphatic carbocycles. The van der Waals surface area contributed by atoms with Crippen molar-refractivity contribution in [3.8, 4) is 5.75 Å². The number of carbonyl (C=O) groups is 1. The van der Waals surface area contributed by atoms with Gasteiger partial charge < -0.3 is 9.84 Å². The minimum atomic E-state index is -0.964. The molecular formula is C8H10CaO3. The molecule has 0 bridgehead atoms. The molecule has 0 aliphatic heterocycles. The van der Waals surface area contributed by atoms with Crippen molar-refractivity contribution in [1.82, 2.24) is 0 Å². The van der Waals surface area contributed by atoms with Gasteiger partial charge in [-0.15, -0.1) is 0 Å². The first kappa shape index (κ1) is 11.7. The Hall–Kier alpha value is -0.250. The van der Waals surface area contributed by atoms with Crippen molar-refractivity contribution < 1.29 is 14.6 Å². The second kappa shape index (κ2) is 6.29. The Morgan fingerprint density at radius 1 is 1.33 bits per heavy atom. The summed E-state index contributed by atoms with van der Waals surface area (Å²) in [7, 11) is 0. The van der Waals surface area contributed by atoms with E-state index in [1.165, 1.54) is 0 Å². The molecule has 0 unspecified atom stereocenters. The predicted octanol–water partition coefficient (Wildman–Crippen LogP) is 0.234. The average molecular weight is 194 g/mol. The molecule has 1 aromatic carbocycles. The van der Waals surface area contributed by atoms with E-state index in [1.807, 2.05) is 6.07 Å². The molecular weight excluding hydrogens is 184 g/mol. The van der Waals surface area contributed by atoms with Crippen molar-refractivity contribution in [2.75, 3.05) is 6.61 Å². The van der Waals surface area contributed by atoms with E-state index in [9.17, 15) is 4.79 Å². The van der Waals surface area contributed by atoms with Gasteiger partial charge in [-0.05, 0) is 12.1 Å². The molecule has 0 radical (unpaired) electrons. The maximum absolute atomic E-state index is 10.0. The third-order valence-corrected chi connectivity index (χ3v) is 1.11. The Balaban J connectivity index is 0.00000121. The van der Waals surface area contributed by atoms with E-state index in [0.29, 0.717) is 5.75 Å². The van der Waals surface area contributed by atoms with Gasteiger partial charge in [-0.3, -0.25) is 0 Å². The van der Waals surface area contributed by atoms with Crippen LogP contribution in [0, 0.1) is 0 Å². The van der Waals surface area contributed by atoms with Crippen LogP contribution in [-0.4, -0.2) is 55.4 Å². The molecule has 0 spiro atoms. The van der Waals surface area contributed by atoms with Gasteiger partial charge in [0.1, 0.15) is 5.75 Å². The number of aliphatic carboxylic acids is 1. The number of rotatable bonds is 3.